The smallest absolute Gasteiger partial charge is 0.243 e. The number of aromatic amines is 1. The zero-order valence-corrected chi connectivity index (χ0v) is 12.1. The Morgan fingerprint density at radius 1 is 1.50 bits per heavy atom. The molecule has 0 atom stereocenters. The average molecular weight is 297 g/mol. The van der Waals surface area contributed by atoms with Crippen LogP contribution >= 0.6 is 0 Å². The van der Waals surface area contributed by atoms with Crippen molar-refractivity contribution in [3.8, 4) is 17.0 Å². The monoisotopic (exact) mass is 297 g/mol. The average Bonchev–Trinajstić information content (AvgIpc) is 3.17. The third-order valence-corrected chi connectivity index (χ3v) is 4.70. The van der Waals surface area contributed by atoms with Crippen molar-refractivity contribution in [2.45, 2.75) is 12.8 Å². The lowest BCUT2D eigenvalue weighted by Gasteiger charge is -2.11. The molecule has 8 heteroatoms. The first-order chi connectivity index (χ1) is 10.8. The minimum Gasteiger partial charge on any atom is -0.487 e. The third-order valence-electron chi connectivity index (χ3n) is 4.70. The molecule has 0 aliphatic heterocycles. The van der Waals surface area contributed by atoms with Gasteiger partial charge in [0.2, 0.25) is 11.6 Å². The third kappa shape index (κ3) is 1.63. The van der Waals surface area contributed by atoms with Gasteiger partial charge in [-0.15, -0.1) is 5.10 Å². The summed E-state index contributed by atoms with van der Waals surface area (Å²) in [4.78, 5) is 8.96. The molecular weight excluding hydrogens is 282 g/mol. The normalized spacial score (nSPS) is 25.0. The predicted octanol–water partition coefficient (Wildman–Crippen LogP) is 1.34. The lowest BCUT2D eigenvalue weighted by atomic mass is 10.2. The van der Waals surface area contributed by atoms with Gasteiger partial charge in [0.05, 0.1) is 12.8 Å². The maximum Gasteiger partial charge on any atom is 0.243 e. The first-order valence-corrected chi connectivity index (χ1v) is 7.34. The van der Waals surface area contributed by atoms with Gasteiger partial charge < -0.3 is 10.1 Å². The number of hydrogen-bond donors (Lipinski definition) is 2. The lowest BCUT2D eigenvalue weighted by Crippen LogP contribution is -2.08. The van der Waals surface area contributed by atoms with Crippen molar-refractivity contribution in [3.05, 3.63) is 18.7 Å². The van der Waals surface area contributed by atoms with Crippen LogP contribution in [0.2, 0.25) is 0 Å². The highest BCUT2D eigenvalue weighted by atomic mass is 16.5. The summed E-state index contributed by atoms with van der Waals surface area (Å²) in [5.74, 6) is 2.10. The Kier molecular flexibility index (Phi) is 2.15. The molecule has 8 nitrogen and oxygen atoms in total. The molecule has 0 spiro atoms. The SMILES string of the molecule is CNc1nc2c(OCC34CC3C4)c(-c3cn[nH]c3)ncn2n1. The highest BCUT2D eigenvalue weighted by molar-refractivity contribution is 5.73. The first kappa shape index (κ1) is 12.0. The molecule has 3 aromatic heterocycles. The van der Waals surface area contributed by atoms with E-state index in [1.165, 1.54) is 12.8 Å². The Balaban J connectivity index is 1.62. The molecule has 112 valence electrons. The minimum atomic E-state index is 0.437. The Labute approximate surface area is 125 Å². The zero-order valence-electron chi connectivity index (χ0n) is 12.1. The topological polar surface area (TPSA) is 93.0 Å². The van der Waals surface area contributed by atoms with Crippen molar-refractivity contribution < 1.29 is 4.74 Å². The van der Waals surface area contributed by atoms with Crippen LogP contribution in [0.25, 0.3) is 16.9 Å². The summed E-state index contributed by atoms with van der Waals surface area (Å²) in [5.41, 5.74) is 2.73. The summed E-state index contributed by atoms with van der Waals surface area (Å²) < 4.78 is 7.78. The van der Waals surface area contributed by atoms with Gasteiger partial charge >= 0.3 is 0 Å². The lowest BCUT2D eigenvalue weighted by molar-refractivity contribution is 0.271. The van der Waals surface area contributed by atoms with Gasteiger partial charge in [0, 0.05) is 24.2 Å². The number of nitrogens with zero attached hydrogens (tertiary/aromatic N) is 5. The molecular formula is C14H15N7O. The van der Waals surface area contributed by atoms with Crippen molar-refractivity contribution in [1.82, 2.24) is 29.8 Å². The number of fused-ring (bicyclic) bond motifs is 2. The van der Waals surface area contributed by atoms with Crippen LogP contribution in [0.1, 0.15) is 12.8 Å². The highest BCUT2D eigenvalue weighted by Gasteiger charge is 2.70. The molecule has 5 rings (SSSR count). The molecule has 2 saturated carbocycles. The van der Waals surface area contributed by atoms with Gasteiger partial charge in [0.25, 0.3) is 0 Å². The van der Waals surface area contributed by atoms with Gasteiger partial charge in [-0.25, -0.2) is 4.98 Å². The molecule has 2 aliphatic rings. The van der Waals surface area contributed by atoms with Crippen LogP contribution in [0, 0.1) is 11.3 Å². The van der Waals surface area contributed by atoms with E-state index in [0.29, 0.717) is 22.8 Å². The minimum absolute atomic E-state index is 0.437. The van der Waals surface area contributed by atoms with E-state index in [-0.39, 0.29) is 0 Å². The van der Waals surface area contributed by atoms with Gasteiger partial charge in [-0.05, 0) is 18.8 Å². The van der Waals surface area contributed by atoms with Crippen LogP contribution in [0.4, 0.5) is 5.95 Å². The summed E-state index contributed by atoms with van der Waals surface area (Å²) >= 11 is 0. The summed E-state index contributed by atoms with van der Waals surface area (Å²) in [5, 5.41) is 14.1. The van der Waals surface area contributed by atoms with Gasteiger partial charge in [-0.3, -0.25) is 5.10 Å². The predicted molar refractivity (Wildman–Crippen MR) is 78.6 cm³/mol. The van der Waals surface area contributed by atoms with Crippen LogP contribution < -0.4 is 10.1 Å². The van der Waals surface area contributed by atoms with Crippen LogP contribution in [0.3, 0.4) is 0 Å². The fourth-order valence-corrected chi connectivity index (χ4v) is 2.92. The number of H-pyrrole nitrogens is 1. The number of nitrogens with one attached hydrogen (secondary N) is 2. The van der Waals surface area contributed by atoms with E-state index in [9.17, 15) is 0 Å². The van der Waals surface area contributed by atoms with Crippen molar-refractivity contribution in [2.75, 3.05) is 19.0 Å². The number of anilines is 1. The second-order valence-corrected chi connectivity index (χ2v) is 6.12. The van der Waals surface area contributed by atoms with Gasteiger partial charge in [0.15, 0.2) is 5.75 Å². The van der Waals surface area contributed by atoms with Gasteiger partial charge in [-0.1, -0.05) is 0 Å². The fourth-order valence-electron chi connectivity index (χ4n) is 2.92. The first-order valence-electron chi connectivity index (χ1n) is 7.34. The van der Waals surface area contributed by atoms with Crippen molar-refractivity contribution in [3.63, 3.8) is 0 Å². The second-order valence-electron chi connectivity index (χ2n) is 6.12. The van der Waals surface area contributed by atoms with Crippen molar-refractivity contribution in [1.29, 1.82) is 0 Å². The Bertz CT molecular complexity index is 848. The molecule has 0 radical (unpaired) electrons. The molecule has 0 amide bonds. The quantitative estimate of drug-likeness (QED) is 0.738. The van der Waals surface area contributed by atoms with E-state index >= 15 is 0 Å². The van der Waals surface area contributed by atoms with Crippen LogP contribution in [-0.4, -0.2) is 43.4 Å². The Morgan fingerprint density at radius 3 is 3.05 bits per heavy atom. The van der Waals surface area contributed by atoms with Crippen molar-refractivity contribution >= 4 is 11.6 Å². The van der Waals surface area contributed by atoms with E-state index in [1.54, 1.807) is 30.3 Å². The molecule has 0 unspecified atom stereocenters. The number of hydrogen-bond acceptors (Lipinski definition) is 6. The van der Waals surface area contributed by atoms with Gasteiger partial charge in [0.1, 0.15) is 12.0 Å². The molecule has 3 heterocycles. The molecule has 0 bridgehead atoms. The maximum absolute atomic E-state index is 6.15. The fraction of sp³-hybridized carbons (Fsp3) is 0.429. The standard InChI is InChI=1S/C14H15N7O/c1-15-13-19-12-11(22-6-14-2-9(14)3-14)10(8-4-17-18-5-8)16-7-21(12)20-13/h4-5,7,9H,2-3,6H2,1H3,(H,15,20)(H,17,18). The summed E-state index contributed by atoms with van der Waals surface area (Å²) in [6, 6.07) is 0. The van der Waals surface area contributed by atoms with E-state index in [1.807, 2.05) is 0 Å². The van der Waals surface area contributed by atoms with E-state index < -0.39 is 0 Å². The second kappa shape index (κ2) is 3.96. The number of rotatable bonds is 5. The summed E-state index contributed by atoms with van der Waals surface area (Å²) in [6.07, 6.45) is 7.76. The summed E-state index contributed by atoms with van der Waals surface area (Å²) in [6.45, 7) is 0.728. The molecule has 0 saturated heterocycles. The Morgan fingerprint density at radius 2 is 2.36 bits per heavy atom. The van der Waals surface area contributed by atoms with Crippen LogP contribution in [-0.2, 0) is 0 Å². The molecule has 22 heavy (non-hydrogen) atoms. The maximum atomic E-state index is 6.15. The molecule has 2 N–H and O–H groups in total. The number of aromatic nitrogens is 6. The Hall–Kier alpha value is -2.64. The molecule has 3 aromatic rings. The highest BCUT2D eigenvalue weighted by Crippen LogP contribution is 2.75. The van der Waals surface area contributed by atoms with E-state index in [2.05, 4.69) is 30.6 Å². The molecule has 2 fully saturated rings. The molecule has 0 aromatic carbocycles. The van der Waals surface area contributed by atoms with E-state index in [0.717, 1.165) is 23.8 Å². The van der Waals surface area contributed by atoms with E-state index in [4.69, 9.17) is 4.74 Å². The van der Waals surface area contributed by atoms with Gasteiger partial charge in [-0.2, -0.15) is 14.6 Å². The summed E-state index contributed by atoms with van der Waals surface area (Å²) in [7, 11) is 1.79. The molecule has 2 aliphatic carbocycles. The largest absolute Gasteiger partial charge is 0.487 e. The number of ether oxygens (including phenoxy) is 1. The van der Waals surface area contributed by atoms with Crippen LogP contribution in [0.5, 0.6) is 5.75 Å². The van der Waals surface area contributed by atoms with Crippen molar-refractivity contribution in [2.24, 2.45) is 11.3 Å². The van der Waals surface area contributed by atoms with Crippen LogP contribution in [0.15, 0.2) is 18.7 Å². The zero-order chi connectivity index (χ0) is 14.7.